The molecule has 1 aromatic heterocycles. The first-order chi connectivity index (χ1) is 20.5. The lowest BCUT2D eigenvalue weighted by Crippen LogP contribution is -2.31. The Bertz CT molecular complexity index is 1730. The first-order valence-corrected chi connectivity index (χ1v) is 16.2. The summed E-state index contributed by atoms with van der Waals surface area (Å²) in [6.07, 6.45) is 6.49. The van der Waals surface area contributed by atoms with Crippen LogP contribution in [0.3, 0.4) is 0 Å². The van der Waals surface area contributed by atoms with Crippen molar-refractivity contribution in [2.45, 2.75) is 57.8 Å². The Morgan fingerprint density at radius 1 is 1.00 bits per heavy atom. The SMILES string of the molecule is CCCCCNC(=O)C(C)Cc1ccc2c(c1)c(Cc1ccc(C(=O)NS(=O)(=O)c3ccccc3C)cc1OC)cn2C. The summed E-state index contributed by atoms with van der Waals surface area (Å²) in [5.74, 6) is -0.307. The Morgan fingerprint density at radius 2 is 1.77 bits per heavy atom. The van der Waals surface area contributed by atoms with Gasteiger partial charge in [-0.15, -0.1) is 0 Å². The number of sulfonamides is 1. The van der Waals surface area contributed by atoms with Gasteiger partial charge < -0.3 is 14.6 Å². The Balaban J connectivity index is 1.52. The van der Waals surface area contributed by atoms with E-state index in [0.29, 0.717) is 30.7 Å². The molecule has 1 unspecified atom stereocenters. The van der Waals surface area contributed by atoms with Gasteiger partial charge >= 0.3 is 0 Å². The maximum Gasteiger partial charge on any atom is 0.265 e. The van der Waals surface area contributed by atoms with Crippen LogP contribution in [-0.2, 0) is 34.7 Å². The monoisotopic (exact) mass is 603 g/mol. The van der Waals surface area contributed by atoms with Gasteiger partial charge in [-0.05, 0) is 72.4 Å². The number of nitrogens with zero attached hydrogens (tertiary/aromatic N) is 1. The van der Waals surface area contributed by atoms with Crippen molar-refractivity contribution in [3.8, 4) is 5.75 Å². The van der Waals surface area contributed by atoms with Crippen molar-refractivity contribution in [1.82, 2.24) is 14.6 Å². The summed E-state index contributed by atoms with van der Waals surface area (Å²) in [5, 5.41) is 4.14. The molecule has 0 saturated carbocycles. The van der Waals surface area contributed by atoms with Gasteiger partial charge in [0.05, 0.1) is 12.0 Å². The molecule has 3 aromatic carbocycles. The molecule has 0 aliphatic heterocycles. The van der Waals surface area contributed by atoms with Crippen molar-refractivity contribution < 1.29 is 22.7 Å². The molecule has 0 fully saturated rings. The predicted octanol–water partition coefficient (Wildman–Crippen LogP) is 5.69. The van der Waals surface area contributed by atoms with Crippen molar-refractivity contribution in [3.63, 3.8) is 0 Å². The topological polar surface area (TPSA) is 106 Å². The summed E-state index contributed by atoms with van der Waals surface area (Å²) >= 11 is 0. The summed E-state index contributed by atoms with van der Waals surface area (Å²) in [5.41, 5.74) is 4.83. The number of amides is 2. The molecule has 0 radical (unpaired) electrons. The van der Waals surface area contributed by atoms with Gasteiger partial charge in [0.2, 0.25) is 5.91 Å². The standard InChI is InChI=1S/C34H41N3O5S/c1-6-7-10-17-35-33(38)24(3)18-25-13-16-30-29(19-25)28(22-37(30)4)20-26-14-15-27(21-31(26)42-5)34(39)36-43(40,41)32-12-9-8-11-23(32)2/h8-9,11-16,19,21-22,24H,6-7,10,17-18,20H2,1-5H3,(H,35,38)(H,36,39). The highest BCUT2D eigenvalue weighted by atomic mass is 32.2. The number of aryl methyl sites for hydroxylation is 2. The summed E-state index contributed by atoms with van der Waals surface area (Å²) in [7, 11) is -0.506. The smallest absolute Gasteiger partial charge is 0.265 e. The molecule has 0 aliphatic rings. The molecule has 9 heteroatoms. The molecule has 0 spiro atoms. The van der Waals surface area contributed by atoms with Gasteiger partial charge in [0.1, 0.15) is 5.75 Å². The molecule has 0 aliphatic carbocycles. The molecule has 1 atom stereocenters. The molecule has 1 heterocycles. The maximum absolute atomic E-state index is 12.9. The van der Waals surface area contributed by atoms with Crippen molar-refractivity contribution in [2.24, 2.45) is 13.0 Å². The fraction of sp³-hybridized carbons (Fsp3) is 0.353. The third-order valence-corrected chi connectivity index (χ3v) is 9.24. The third-order valence-electron chi connectivity index (χ3n) is 7.75. The number of carbonyl (C=O) groups excluding carboxylic acids is 2. The van der Waals surface area contributed by atoms with E-state index in [4.69, 9.17) is 4.74 Å². The summed E-state index contributed by atoms with van der Waals surface area (Å²) in [6, 6.07) is 17.8. The number of rotatable bonds is 13. The molecular formula is C34H41N3O5S. The third kappa shape index (κ3) is 7.65. The van der Waals surface area contributed by atoms with Crippen LogP contribution in [0.2, 0.25) is 0 Å². The van der Waals surface area contributed by atoms with E-state index in [1.165, 1.54) is 13.2 Å². The van der Waals surface area contributed by atoms with E-state index in [-0.39, 0.29) is 22.3 Å². The first-order valence-electron chi connectivity index (χ1n) is 14.7. The van der Waals surface area contributed by atoms with Gasteiger partial charge in [0, 0.05) is 48.6 Å². The van der Waals surface area contributed by atoms with E-state index in [1.54, 1.807) is 43.3 Å². The zero-order valence-electron chi connectivity index (χ0n) is 25.6. The minimum absolute atomic E-state index is 0.0595. The normalized spacial score (nSPS) is 12.2. The van der Waals surface area contributed by atoms with Crippen molar-refractivity contribution in [2.75, 3.05) is 13.7 Å². The second-order valence-electron chi connectivity index (χ2n) is 11.1. The highest BCUT2D eigenvalue weighted by Crippen LogP contribution is 2.29. The van der Waals surface area contributed by atoms with Crippen molar-refractivity contribution >= 4 is 32.7 Å². The van der Waals surface area contributed by atoms with E-state index in [0.717, 1.165) is 46.9 Å². The van der Waals surface area contributed by atoms with Crippen LogP contribution in [0.1, 0.15) is 65.7 Å². The zero-order chi connectivity index (χ0) is 31.1. The fourth-order valence-electron chi connectivity index (χ4n) is 5.33. The van der Waals surface area contributed by atoms with Crippen LogP contribution < -0.4 is 14.8 Å². The van der Waals surface area contributed by atoms with E-state index < -0.39 is 15.9 Å². The Morgan fingerprint density at radius 3 is 2.49 bits per heavy atom. The molecule has 0 bridgehead atoms. The van der Waals surface area contributed by atoms with Crippen molar-refractivity contribution in [3.05, 3.63) is 94.7 Å². The van der Waals surface area contributed by atoms with Gasteiger partial charge in [-0.3, -0.25) is 9.59 Å². The molecule has 43 heavy (non-hydrogen) atoms. The van der Waals surface area contributed by atoms with E-state index >= 15 is 0 Å². The average Bonchev–Trinajstić information content (AvgIpc) is 3.29. The minimum Gasteiger partial charge on any atom is -0.496 e. The van der Waals surface area contributed by atoms with E-state index in [2.05, 4.69) is 45.9 Å². The molecule has 0 saturated heterocycles. The van der Waals surface area contributed by atoms with Crippen LogP contribution in [0.25, 0.3) is 10.9 Å². The second kappa shape index (κ2) is 13.9. The van der Waals surface area contributed by atoms with Gasteiger partial charge in [-0.25, -0.2) is 13.1 Å². The molecule has 4 aromatic rings. The molecule has 8 nitrogen and oxygen atoms in total. The van der Waals surface area contributed by atoms with Gasteiger partial charge in [-0.2, -0.15) is 0 Å². The van der Waals surface area contributed by atoms with Gasteiger partial charge in [-0.1, -0.05) is 57.0 Å². The second-order valence-corrected chi connectivity index (χ2v) is 12.8. The summed E-state index contributed by atoms with van der Waals surface area (Å²) in [4.78, 5) is 25.6. The highest BCUT2D eigenvalue weighted by Gasteiger charge is 2.22. The molecule has 2 amide bonds. The molecular weight excluding hydrogens is 562 g/mol. The fourth-order valence-corrected chi connectivity index (χ4v) is 6.55. The molecule has 2 N–H and O–H groups in total. The number of carbonyl (C=O) groups is 2. The largest absolute Gasteiger partial charge is 0.496 e. The summed E-state index contributed by atoms with van der Waals surface area (Å²) in [6.45, 7) is 6.50. The summed E-state index contributed by atoms with van der Waals surface area (Å²) < 4.78 is 35.6. The van der Waals surface area contributed by atoms with Gasteiger partial charge in [0.15, 0.2) is 0 Å². The lowest BCUT2D eigenvalue weighted by Gasteiger charge is -2.13. The number of nitrogens with one attached hydrogen (secondary N) is 2. The van der Waals surface area contributed by atoms with E-state index in [9.17, 15) is 18.0 Å². The number of methoxy groups -OCH3 is 1. The predicted molar refractivity (Wildman–Crippen MR) is 170 cm³/mol. The van der Waals surface area contributed by atoms with Gasteiger partial charge in [0.25, 0.3) is 15.9 Å². The zero-order valence-corrected chi connectivity index (χ0v) is 26.4. The molecule has 228 valence electrons. The molecule has 4 rings (SSSR count). The Kier molecular flexibility index (Phi) is 10.3. The van der Waals surface area contributed by atoms with Crippen molar-refractivity contribution in [1.29, 1.82) is 0 Å². The Labute approximate surface area is 254 Å². The van der Waals surface area contributed by atoms with Crippen LogP contribution in [0.4, 0.5) is 0 Å². The number of aromatic nitrogens is 1. The lowest BCUT2D eigenvalue weighted by molar-refractivity contribution is -0.124. The maximum atomic E-state index is 12.9. The van der Waals surface area contributed by atoms with Crippen LogP contribution in [0, 0.1) is 12.8 Å². The van der Waals surface area contributed by atoms with Crippen LogP contribution in [-0.4, -0.2) is 38.5 Å². The number of benzene rings is 3. The lowest BCUT2D eigenvalue weighted by atomic mass is 9.96. The van der Waals surface area contributed by atoms with E-state index in [1.807, 2.05) is 14.0 Å². The number of unbranched alkanes of at least 4 members (excludes halogenated alkanes) is 2. The Hall–Kier alpha value is -4.11. The van der Waals surface area contributed by atoms with Crippen LogP contribution in [0.15, 0.2) is 71.8 Å². The van der Waals surface area contributed by atoms with Crippen LogP contribution in [0.5, 0.6) is 5.75 Å². The quantitative estimate of drug-likeness (QED) is 0.191. The number of hydrogen-bond donors (Lipinski definition) is 2. The first kappa shape index (κ1) is 31.8. The van der Waals surface area contributed by atoms with Crippen LogP contribution >= 0.6 is 0 Å². The highest BCUT2D eigenvalue weighted by molar-refractivity contribution is 7.90. The average molecular weight is 604 g/mol. The number of hydrogen-bond acceptors (Lipinski definition) is 5. The minimum atomic E-state index is -4.03. The number of fused-ring (bicyclic) bond motifs is 1. The number of ether oxygens (including phenoxy) is 1.